The number of hydrogen-bond donors (Lipinski definition) is 1. The van der Waals surface area contributed by atoms with Crippen LogP contribution in [0, 0.1) is 0 Å². The Labute approximate surface area is 117 Å². The lowest BCUT2D eigenvalue weighted by Crippen LogP contribution is -2.38. The van der Waals surface area contributed by atoms with Gasteiger partial charge in [0, 0.05) is 43.9 Å². The minimum absolute atomic E-state index is 0.0426. The van der Waals surface area contributed by atoms with Crippen molar-refractivity contribution in [2.75, 3.05) is 18.4 Å². The second-order valence-corrected chi connectivity index (χ2v) is 4.72. The molecule has 3 heterocycles. The summed E-state index contributed by atoms with van der Waals surface area (Å²) in [5, 5.41) is 3.19. The van der Waals surface area contributed by atoms with E-state index in [-0.39, 0.29) is 5.91 Å². The van der Waals surface area contributed by atoms with E-state index in [2.05, 4.69) is 19.9 Å². The molecule has 1 N–H and O–H groups in total. The van der Waals surface area contributed by atoms with Gasteiger partial charge in [0.2, 0.25) is 0 Å². The van der Waals surface area contributed by atoms with E-state index < -0.39 is 0 Å². The molecule has 6 nitrogen and oxygen atoms in total. The monoisotopic (exact) mass is 271 g/mol. The number of pyridine rings is 1. The molecule has 0 bridgehead atoms. The Bertz CT molecular complexity index is 622. The van der Waals surface area contributed by atoms with Gasteiger partial charge >= 0.3 is 0 Å². The van der Waals surface area contributed by atoms with Crippen LogP contribution in [0.4, 0.5) is 5.69 Å². The van der Waals surface area contributed by atoms with Crippen LogP contribution < -0.4 is 5.32 Å². The van der Waals surface area contributed by atoms with Crippen molar-refractivity contribution in [2.24, 2.45) is 0 Å². The van der Waals surface area contributed by atoms with Crippen LogP contribution in [0.3, 0.4) is 0 Å². The zero-order chi connectivity index (χ0) is 13.9. The third-order valence-corrected chi connectivity index (χ3v) is 3.39. The van der Waals surface area contributed by atoms with Crippen LogP contribution in [0.2, 0.25) is 0 Å². The summed E-state index contributed by atoms with van der Waals surface area (Å²) < 4.78 is 2.08. The van der Waals surface area contributed by atoms with Crippen molar-refractivity contribution < 1.29 is 4.79 Å². The van der Waals surface area contributed by atoms with Gasteiger partial charge in [-0.05, 0) is 19.1 Å². The lowest BCUT2D eigenvalue weighted by Gasteiger charge is -2.27. The molecule has 0 atom stereocenters. The van der Waals surface area contributed by atoms with Crippen LogP contribution in [-0.2, 0) is 13.1 Å². The number of carbonyl (C=O) groups is 1. The van der Waals surface area contributed by atoms with E-state index in [1.54, 1.807) is 23.4 Å². The van der Waals surface area contributed by atoms with Crippen LogP contribution in [0.1, 0.15) is 23.2 Å². The third-order valence-electron chi connectivity index (χ3n) is 3.39. The minimum atomic E-state index is -0.0426. The van der Waals surface area contributed by atoms with E-state index in [1.165, 1.54) is 0 Å². The number of fused-ring (bicyclic) bond motifs is 1. The first-order valence-corrected chi connectivity index (χ1v) is 6.77. The number of rotatable bonds is 3. The summed E-state index contributed by atoms with van der Waals surface area (Å²) in [5.41, 5.74) is 1.40. The summed E-state index contributed by atoms with van der Waals surface area (Å²) in [6.45, 7) is 4.85. The van der Waals surface area contributed by atoms with Crippen molar-refractivity contribution in [1.29, 1.82) is 0 Å². The number of nitrogens with one attached hydrogen (secondary N) is 1. The highest BCUT2D eigenvalue weighted by atomic mass is 16.2. The zero-order valence-corrected chi connectivity index (χ0v) is 11.4. The van der Waals surface area contributed by atoms with Crippen LogP contribution in [0.25, 0.3) is 0 Å². The zero-order valence-electron chi connectivity index (χ0n) is 11.4. The lowest BCUT2D eigenvalue weighted by atomic mass is 10.2. The maximum Gasteiger partial charge on any atom is 0.272 e. The maximum absolute atomic E-state index is 12.5. The van der Waals surface area contributed by atoms with Gasteiger partial charge in [-0.3, -0.25) is 9.78 Å². The molecule has 2 aromatic heterocycles. The van der Waals surface area contributed by atoms with Crippen molar-refractivity contribution in [3.05, 3.63) is 42.2 Å². The Morgan fingerprint density at radius 1 is 1.35 bits per heavy atom. The molecule has 0 aromatic carbocycles. The first kappa shape index (κ1) is 12.7. The van der Waals surface area contributed by atoms with Crippen LogP contribution in [-0.4, -0.2) is 38.4 Å². The molecule has 1 aliphatic heterocycles. The van der Waals surface area contributed by atoms with Crippen LogP contribution >= 0.6 is 0 Å². The highest BCUT2D eigenvalue weighted by Crippen LogP contribution is 2.15. The Balaban J connectivity index is 1.78. The normalized spacial score (nSPS) is 13.9. The Kier molecular flexibility index (Phi) is 3.37. The highest BCUT2D eigenvalue weighted by molar-refractivity contribution is 5.93. The van der Waals surface area contributed by atoms with Crippen molar-refractivity contribution in [3.63, 3.8) is 0 Å². The second kappa shape index (κ2) is 5.32. The smallest absolute Gasteiger partial charge is 0.272 e. The van der Waals surface area contributed by atoms with E-state index >= 15 is 0 Å². The van der Waals surface area contributed by atoms with E-state index in [9.17, 15) is 4.79 Å². The van der Waals surface area contributed by atoms with E-state index in [4.69, 9.17) is 0 Å². The van der Waals surface area contributed by atoms with Crippen molar-refractivity contribution in [1.82, 2.24) is 19.4 Å². The molecule has 0 spiro atoms. The number of anilines is 1. The van der Waals surface area contributed by atoms with Gasteiger partial charge in [-0.1, -0.05) is 0 Å². The average molecular weight is 271 g/mol. The molecular formula is C14H17N5O. The molecule has 2 aromatic rings. The first-order chi connectivity index (χ1) is 9.78. The lowest BCUT2D eigenvalue weighted by molar-refractivity contribution is 0.0701. The number of hydrogen-bond acceptors (Lipinski definition) is 4. The molecule has 1 amide bonds. The summed E-state index contributed by atoms with van der Waals surface area (Å²) in [6.07, 6.45) is 5.38. The summed E-state index contributed by atoms with van der Waals surface area (Å²) >= 11 is 0. The molecule has 0 aliphatic carbocycles. The molecule has 0 saturated carbocycles. The average Bonchev–Trinajstić information content (AvgIpc) is 2.94. The molecule has 0 saturated heterocycles. The molecule has 0 radical (unpaired) electrons. The highest BCUT2D eigenvalue weighted by Gasteiger charge is 2.23. The van der Waals surface area contributed by atoms with Gasteiger partial charge in [0.1, 0.15) is 11.5 Å². The van der Waals surface area contributed by atoms with Gasteiger partial charge in [0.15, 0.2) is 0 Å². The van der Waals surface area contributed by atoms with Crippen LogP contribution in [0.15, 0.2) is 30.7 Å². The summed E-state index contributed by atoms with van der Waals surface area (Å²) in [5.74, 6) is 0.881. The van der Waals surface area contributed by atoms with Gasteiger partial charge in [-0.25, -0.2) is 4.98 Å². The molecule has 1 aliphatic rings. The standard InChI is InChI=1S/C14H17N5O/c1-2-15-11-3-4-16-12(9-11)14(20)19-8-7-18-6-5-17-13(18)10-19/h3-6,9H,2,7-8,10H2,1H3,(H,15,16). The Morgan fingerprint density at radius 3 is 3.10 bits per heavy atom. The molecule has 20 heavy (non-hydrogen) atoms. The molecule has 0 unspecified atom stereocenters. The fourth-order valence-corrected chi connectivity index (χ4v) is 2.37. The van der Waals surface area contributed by atoms with Gasteiger partial charge in [-0.15, -0.1) is 0 Å². The number of nitrogens with zero attached hydrogens (tertiary/aromatic N) is 4. The van der Waals surface area contributed by atoms with Crippen molar-refractivity contribution in [2.45, 2.75) is 20.0 Å². The quantitative estimate of drug-likeness (QED) is 0.915. The van der Waals surface area contributed by atoms with Crippen LogP contribution in [0.5, 0.6) is 0 Å². The topological polar surface area (TPSA) is 63.1 Å². The largest absolute Gasteiger partial charge is 0.385 e. The van der Waals surface area contributed by atoms with E-state index in [0.29, 0.717) is 18.8 Å². The fourth-order valence-electron chi connectivity index (χ4n) is 2.37. The molecule has 0 fully saturated rings. The fraction of sp³-hybridized carbons (Fsp3) is 0.357. The summed E-state index contributed by atoms with van der Waals surface area (Å²) in [7, 11) is 0. The maximum atomic E-state index is 12.5. The predicted octanol–water partition coefficient (Wildman–Crippen LogP) is 1.37. The van der Waals surface area contributed by atoms with Crippen molar-refractivity contribution >= 4 is 11.6 Å². The Hall–Kier alpha value is -2.37. The summed E-state index contributed by atoms with van der Waals surface area (Å²) in [4.78, 5) is 22.7. The summed E-state index contributed by atoms with van der Waals surface area (Å²) in [6, 6.07) is 3.66. The number of aromatic nitrogens is 3. The van der Waals surface area contributed by atoms with Gasteiger partial charge in [-0.2, -0.15) is 0 Å². The van der Waals surface area contributed by atoms with Gasteiger partial charge < -0.3 is 14.8 Å². The SMILES string of the molecule is CCNc1ccnc(C(=O)N2CCn3ccnc3C2)c1. The predicted molar refractivity (Wildman–Crippen MR) is 75.4 cm³/mol. The van der Waals surface area contributed by atoms with Gasteiger partial charge in [0.05, 0.1) is 6.54 Å². The second-order valence-electron chi connectivity index (χ2n) is 4.72. The molecular weight excluding hydrogens is 254 g/mol. The Morgan fingerprint density at radius 2 is 2.25 bits per heavy atom. The molecule has 3 rings (SSSR count). The molecule has 104 valence electrons. The van der Waals surface area contributed by atoms with E-state index in [1.807, 2.05) is 19.2 Å². The van der Waals surface area contributed by atoms with Crippen molar-refractivity contribution in [3.8, 4) is 0 Å². The number of imidazole rings is 1. The van der Waals surface area contributed by atoms with E-state index in [0.717, 1.165) is 24.6 Å². The first-order valence-electron chi connectivity index (χ1n) is 6.77. The minimum Gasteiger partial charge on any atom is -0.385 e. The third kappa shape index (κ3) is 2.36. The number of amides is 1. The molecule has 6 heteroatoms. The number of carbonyl (C=O) groups excluding carboxylic acids is 1. The van der Waals surface area contributed by atoms with Gasteiger partial charge in [0.25, 0.3) is 5.91 Å².